The summed E-state index contributed by atoms with van der Waals surface area (Å²) in [5, 5.41) is 7.53. The zero-order chi connectivity index (χ0) is 15.6. The van der Waals surface area contributed by atoms with Crippen LogP contribution in [0.1, 0.15) is 26.7 Å². The number of hydrogen-bond donors (Lipinski definition) is 3. The van der Waals surface area contributed by atoms with Crippen LogP contribution in [0.5, 0.6) is 0 Å². The fraction of sp³-hybridized carbons (Fsp3) is 0.417. The predicted octanol–water partition coefficient (Wildman–Crippen LogP) is 1.74. The first kappa shape index (κ1) is 16.5. The molecule has 0 saturated carbocycles. The normalized spacial score (nSPS) is 12.4. The molecule has 8 heteroatoms. The van der Waals surface area contributed by atoms with Gasteiger partial charge in [0.05, 0.1) is 5.54 Å². The molecular formula is C12H17F2N3O2S. The molecule has 0 aliphatic rings. The smallest absolute Gasteiger partial charge is 0.244 e. The molecule has 5 nitrogen and oxygen atoms in total. The maximum absolute atomic E-state index is 13.6. The van der Waals surface area contributed by atoms with Gasteiger partial charge in [0.2, 0.25) is 10.0 Å². The van der Waals surface area contributed by atoms with Gasteiger partial charge in [0.25, 0.3) is 0 Å². The summed E-state index contributed by atoms with van der Waals surface area (Å²) < 4.78 is 53.0. The molecule has 0 fully saturated rings. The number of amidine groups is 1. The van der Waals surface area contributed by atoms with Gasteiger partial charge in [-0.3, -0.25) is 5.41 Å². The summed E-state index contributed by atoms with van der Waals surface area (Å²) >= 11 is 0. The fourth-order valence-electron chi connectivity index (χ4n) is 1.84. The summed E-state index contributed by atoms with van der Waals surface area (Å²) in [5.41, 5.74) is 4.16. The first-order valence-corrected chi connectivity index (χ1v) is 7.50. The van der Waals surface area contributed by atoms with Crippen molar-refractivity contribution >= 4 is 15.9 Å². The minimum Gasteiger partial charge on any atom is -0.386 e. The van der Waals surface area contributed by atoms with Crippen molar-refractivity contribution < 1.29 is 17.2 Å². The van der Waals surface area contributed by atoms with Gasteiger partial charge >= 0.3 is 0 Å². The van der Waals surface area contributed by atoms with Crippen LogP contribution < -0.4 is 10.5 Å². The highest BCUT2D eigenvalue weighted by atomic mass is 32.2. The van der Waals surface area contributed by atoms with Gasteiger partial charge in [-0.05, 0) is 25.0 Å². The lowest BCUT2D eigenvalue weighted by molar-refractivity contribution is 0.455. The number of nitrogens with two attached hydrogens (primary N) is 1. The third kappa shape index (κ3) is 3.13. The molecule has 0 unspecified atom stereocenters. The molecule has 0 saturated heterocycles. The zero-order valence-corrected chi connectivity index (χ0v) is 12.0. The standard InChI is InChI=1S/C12H17F2N3O2S/c1-3-12(4-2,11(15)16)17-20(18,19)10-6-5-8(13)7-9(10)14/h5-7,17H,3-4H2,1-2H3,(H3,15,16). The van der Waals surface area contributed by atoms with Crippen LogP contribution in [0.25, 0.3) is 0 Å². The van der Waals surface area contributed by atoms with E-state index in [2.05, 4.69) is 4.72 Å². The van der Waals surface area contributed by atoms with Gasteiger partial charge in [-0.1, -0.05) is 13.8 Å². The van der Waals surface area contributed by atoms with Crippen molar-refractivity contribution in [3.8, 4) is 0 Å². The Morgan fingerprint density at radius 3 is 2.30 bits per heavy atom. The quantitative estimate of drug-likeness (QED) is 0.551. The van der Waals surface area contributed by atoms with Crippen molar-refractivity contribution in [2.24, 2.45) is 5.73 Å². The van der Waals surface area contributed by atoms with E-state index >= 15 is 0 Å². The summed E-state index contributed by atoms with van der Waals surface area (Å²) in [6.07, 6.45) is 0.474. The van der Waals surface area contributed by atoms with Gasteiger partial charge in [0, 0.05) is 6.07 Å². The second-order valence-electron chi connectivity index (χ2n) is 4.38. The minimum absolute atomic E-state index is 0.237. The van der Waals surface area contributed by atoms with Crippen molar-refractivity contribution in [2.45, 2.75) is 37.1 Å². The summed E-state index contributed by atoms with van der Waals surface area (Å²) in [6.45, 7) is 3.32. The SMILES string of the molecule is CCC(CC)(NS(=O)(=O)c1ccc(F)cc1F)C(=N)N. The third-order valence-corrected chi connectivity index (χ3v) is 4.81. The summed E-state index contributed by atoms with van der Waals surface area (Å²) in [5.74, 6) is -2.42. The number of rotatable bonds is 6. The maximum atomic E-state index is 13.6. The van der Waals surface area contributed by atoms with Crippen LogP contribution in [0.3, 0.4) is 0 Å². The number of sulfonamides is 1. The monoisotopic (exact) mass is 305 g/mol. The Labute approximate surface area is 116 Å². The van der Waals surface area contributed by atoms with Gasteiger partial charge in [0.1, 0.15) is 22.4 Å². The van der Waals surface area contributed by atoms with Crippen LogP contribution in [-0.4, -0.2) is 19.8 Å². The molecule has 112 valence electrons. The summed E-state index contributed by atoms with van der Waals surface area (Å²) in [7, 11) is -4.25. The second-order valence-corrected chi connectivity index (χ2v) is 6.03. The van der Waals surface area contributed by atoms with Crippen molar-refractivity contribution in [2.75, 3.05) is 0 Å². The molecule has 1 rings (SSSR count). The lowest BCUT2D eigenvalue weighted by Crippen LogP contribution is -2.56. The number of hydrogen-bond acceptors (Lipinski definition) is 3. The molecule has 0 amide bonds. The van der Waals surface area contributed by atoms with E-state index in [1.807, 2.05) is 0 Å². The average Bonchev–Trinajstić information content (AvgIpc) is 2.35. The van der Waals surface area contributed by atoms with Crippen molar-refractivity contribution in [3.63, 3.8) is 0 Å². The average molecular weight is 305 g/mol. The highest BCUT2D eigenvalue weighted by Crippen LogP contribution is 2.21. The van der Waals surface area contributed by atoms with E-state index in [0.29, 0.717) is 6.07 Å². The van der Waals surface area contributed by atoms with Crippen LogP contribution in [0.15, 0.2) is 23.1 Å². The van der Waals surface area contributed by atoms with E-state index in [-0.39, 0.29) is 18.7 Å². The summed E-state index contributed by atoms with van der Waals surface area (Å²) in [4.78, 5) is -0.675. The number of nitrogens with one attached hydrogen (secondary N) is 2. The maximum Gasteiger partial charge on any atom is 0.244 e. The third-order valence-electron chi connectivity index (χ3n) is 3.24. The number of halogens is 2. The molecule has 0 radical (unpaired) electrons. The minimum atomic E-state index is -4.25. The van der Waals surface area contributed by atoms with E-state index in [0.717, 1.165) is 12.1 Å². The Morgan fingerprint density at radius 2 is 1.90 bits per heavy atom. The Bertz CT molecular complexity index is 613. The molecule has 1 aromatic rings. The fourth-order valence-corrected chi connectivity index (χ4v) is 3.42. The van der Waals surface area contributed by atoms with Crippen molar-refractivity contribution in [1.82, 2.24) is 4.72 Å². The molecule has 0 aliphatic heterocycles. The zero-order valence-electron chi connectivity index (χ0n) is 11.2. The molecule has 0 aromatic heterocycles. The van der Waals surface area contributed by atoms with Crippen LogP contribution in [0, 0.1) is 17.0 Å². The highest BCUT2D eigenvalue weighted by molar-refractivity contribution is 7.89. The van der Waals surface area contributed by atoms with E-state index in [1.165, 1.54) is 0 Å². The molecule has 20 heavy (non-hydrogen) atoms. The van der Waals surface area contributed by atoms with Crippen LogP contribution >= 0.6 is 0 Å². The van der Waals surface area contributed by atoms with Gasteiger partial charge < -0.3 is 5.73 Å². The first-order valence-electron chi connectivity index (χ1n) is 6.02. The second kappa shape index (κ2) is 5.84. The van der Waals surface area contributed by atoms with Crippen molar-refractivity contribution in [1.29, 1.82) is 5.41 Å². The van der Waals surface area contributed by atoms with Gasteiger partial charge in [-0.2, -0.15) is 4.72 Å². The van der Waals surface area contributed by atoms with Gasteiger partial charge in [-0.15, -0.1) is 0 Å². The largest absolute Gasteiger partial charge is 0.386 e. The Balaban J connectivity index is 3.27. The molecule has 4 N–H and O–H groups in total. The Morgan fingerprint density at radius 1 is 1.35 bits per heavy atom. The van der Waals surface area contributed by atoms with Gasteiger partial charge in [0.15, 0.2) is 0 Å². The van der Waals surface area contributed by atoms with Gasteiger partial charge in [-0.25, -0.2) is 17.2 Å². The molecule has 0 heterocycles. The lowest BCUT2D eigenvalue weighted by atomic mass is 9.93. The van der Waals surface area contributed by atoms with Crippen LogP contribution in [0.4, 0.5) is 8.78 Å². The summed E-state index contributed by atoms with van der Waals surface area (Å²) in [6, 6.07) is 2.18. The molecule has 0 atom stereocenters. The van der Waals surface area contributed by atoms with E-state index in [4.69, 9.17) is 11.1 Å². The molecule has 0 bridgehead atoms. The van der Waals surface area contributed by atoms with E-state index < -0.39 is 32.1 Å². The van der Waals surface area contributed by atoms with Crippen molar-refractivity contribution in [3.05, 3.63) is 29.8 Å². The first-order chi connectivity index (χ1) is 9.18. The molecule has 0 aliphatic carbocycles. The highest BCUT2D eigenvalue weighted by Gasteiger charge is 2.36. The van der Waals surface area contributed by atoms with E-state index in [9.17, 15) is 17.2 Å². The molecule has 1 aromatic carbocycles. The number of benzene rings is 1. The Hall–Kier alpha value is -1.54. The molecular weight excluding hydrogens is 288 g/mol. The topological polar surface area (TPSA) is 96.0 Å². The lowest BCUT2D eigenvalue weighted by Gasteiger charge is -2.31. The Kier molecular flexibility index (Phi) is 4.82. The van der Waals surface area contributed by atoms with E-state index in [1.54, 1.807) is 13.8 Å². The molecule has 0 spiro atoms. The predicted molar refractivity (Wildman–Crippen MR) is 71.9 cm³/mol. The van der Waals surface area contributed by atoms with Crippen LogP contribution in [0.2, 0.25) is 0 Å². The van der Waals surface area contributed by atoms with Crippen LogP contribution in [-0.2, 0) is 10.0 Å².